The molecular formula is C18H24O3. The van der Waals surface area contributed by atoms with Crippen LogP contribution in [0.15, 0.2) is 30.3 Å². The zero-order chi connectivity index (χ0) is 15.3. The smallest absolute Gasteiger partial charge is 0.328 e. The van der Waals surface area contributed by atoms with E-state index in [0.29, 0.717) is 18.1 Å². The molecule has 1 aliphatic rings. The zero-order valence-electron chi connectivity index (χ0n) is 12.8. The molecule has 0 heterocycles. The van der Waals surface area contributed by atoms with Gasteiger partial charge in [0.1, 0.15) is 0 Å². The second-order valence-corrected chi connectivity index (χ2v) is 6.54. The molecule has 0 amide bonds. The molecule has 1 aromatic rings. The first-order valence-corrected chi connectivity index (χ1v) is 7.57. The maximum Gasteiger partial charge on any atom is 0.328 e. The Bertz CT molecular complexity index is 507. The largest absolute Gasteiger partial charge is 0.478 e. The maximum atomic E-state index is 10.6. The molecule has 0 saturated heterocycles. The normalized spacial score (nSPS) is 19.0. The van der Waals surface area contributed by atoms with Crippen molar-refractivity contribution in [1.29, 1.82) is 0 Å². The molecule has 0 atom stereocenters. The minimum absolute atomic E-state index is 0.328. The van der Waals surface area contributed by atoms with Crippen LogP contribution in [0.3, 0.4) is 0 Å². The number of rotatable bonds is 5. The molecular weight excluding hydrogens is 264 g/mol. The average molecular weight is 288 g/mol. The number of carboxylic acids is 1. The summed E-state index contributed by atoms with van der Waals surface area (Å²) in [5.74, 6) is -0.930. The minimum Gasteiger partial charge on any atom is -0.478 e. The van der Waals surface area contributed by atoms with Crippen LogP contribution in [0, 0.1) is 5.41 Å². The monoisotopic (exact) mass is 288 g/mol. The number of hydrogen-bond acceptors (Lipinski definition) is 2. The van der Waals surface area contributed by atoms with E-state index in [4.69, 9.17) is 9.84 Å². The topological polar surface area (TPSA) is 46.5 Å². The predicted octanol–water partition coefficient (Wildman–Crippen LogP) is 4.27. The first-order chi connectivity index (χ1) is 9.96. The summed E-state index contributed by atoms with van der Waals surface area (Å²) in [7, 11) is 0. The van der Waals surface area contributed by atoms with Gasteiger partial charge in [0.2, 0.25) is 0 Å². The van der Waals surface area contributed by atoms with Crippen LogP contribution in [0.1, 0.15) is 50.7 Å². The van der Waals surface area contributed by atoms with Crippen LogP contribution in [-0.4, -0.2) is 17.2 Å². The molecule has 0 aliphatic heterocycles. The molecule has 1 saturated carbocycles. The van der Waals surface area contributed by atoms with Gasteiger partial charge in [-0.3, -0.25) is 0 Å². The number of carbonyl (C=O) groups is 1. The fourth-order valence-electron chi connectivity index (χ4n) is 2.74. The van der Waals surface area contributed by atoms with E-state index in [0.717, 1.165) is 24.0 Å². The van der Waals surface area contributed by atoms with E-state index in [1.807, 2.05) is 24.3 Å². The predicted molar refractivity (Wildman–Crippen MR) is 83.9 cm³/mol. The summed E-state index contributed by atoms with van der Waals surface area (Å²) in [6.45, 7) is 5.18. The Morgan fingerprint density at radius 2 is 2.00 bits per heavy atom. The molecule has 3 heteroatoms. The third-order valence-electron chi connectivity index (χ3n) is 4.22. The lowest BCUT2D eigenvalue weighted by atomic mass is 9.76. The van der Waals surface area contributed by atoms with Gasteiger partial charge in [0.05, 0.1) is 12.7 Å². The van der Waals surface area contributed by atoms with Crippen molar-refractivity contribution in [3.63, 3.8) is 0 Å². The van der Waals surface area contributed by atoms with Gasteiger partial charge in [0.15, 0.2) is 0 Å². The van der Waals surface area contributed by atoms with Crippen molar-refractivity contribution in [3.05, 3.63) is 41.5 Å². The summed E-state index contributed by atoms with van der Waals surface area (Å²) in [5, 5.41) is 8.73. The molecule has 1 fully saturated rings. The van der Waals surface area contributed by atoms with Crippen LogP contribution in [0.25, 0.3) is 6.08 Å². The molecule has 1 N–H and O–H groups in total. The first-order valence-electron chi connectivity index (χ1n) is 7.57. The summed E-state index contributed by atoms with van der Waals surface area (Å²) < 4.78 is 6.03. The van der Waals surface area contributed by atoms with Crippen LogP contribution in [0.5, 0.6) is 0 Å². The molecule has 1 aliphatic carbocycles. The molecule has 0 radical (unpaired) electrons. The number of ether oxygens (including phenoxy) is 1. The summed E-state index contributed by atoms with van der Waals surface area (Å²) in [4.78, 5) is 10.6. The molecule has 1 aromatic carbocycles. The van der Waals surface area contributed by atoms with E-state index in [1.165, 1.54) is 18.9 Å². The van der Waals surface area contributed by atoms with Crippen molar-refractivity contribution < 1.29 is 14.6 Å². The Morgan fingerprint density at radius 3 is 2.67 bits per heavy atom. The van der Waals surface area contributed by atoms with E-state index in [9.17, 15) is 4.79 Å². The van der Waals surface area contributed by atoms with Gasteiger partial charge in [-0.15, -0.1) is 0 Å². The van der Waals surface area contributed by atoms with Gasteiger partial charge in [-0.1, -0.05) is 38.1 Å². The Labute approximate surface area is 126 Å². The van der Waals surface area contributed by atoms with Crippen molar-refractivity contribution in [1.82, 2.24) is 0 Å². The molecule has 0 aromatic heterocycles. The highest BCUT2D eigenvalue weighted by Crippen LogP contribution is 2.36. The van der Waals surface area contributed by atoms with Crippen molar-refractivity contribution >= 4 is 12.0 Å². The van der Waals surface area contributed by atoms with E-state index in [-0.39, 0.29) is 0 Å². The van der Waals surface area contributed by atoms with Crippen LogP contribution in [0.2, 0.25) is 0 Å². The van der Waals surface area contributed by atoms with Crippen LogP contribution in [-0.2, 0) is 16.1 Å². The van der Waals surface area contributed by atoms with Gasteiger partial charge in [-0.2, -0.15) is 0 Å². The molecule has 0 unspecified atom stereocenters. The highest BCUT2D eigenvalue weighted by Gasteiger charge is 2.27. The lowest BCUT2D eigenvalue weighted by molar-refractivity contribution is -0.131. The van der Waals surface area contributed by atoms with Crippen molar-refractivity contribution in [2.45, 2.75) is 52.2 Å². The van der Waals surface area contributed by atoms with Crippen molar-refractivity contribution in [2.24, 2.45) is 5.41 Å². The fraction of sp³-hybridized carbons (Fsp3) is 0.500. The van der Waals surface area contributed by atoms with E-state index in [2.05, 4.69) is 13.8 Å². The number of aliphatic carboxylic acids is 1. The van der Waals surface area contributed by atoms with E-state index < -0.39 is 5.97 Å². The first kappa shape index (κ1) is 15.8. The van der Waals surface area contributed by atoms with Crippen molar-refractivity contribution in [3.8, 4) is 0 Å². The highest BCUT2D eigenvalue weighted by molar-refractivity contribution is 5.85. The second-order valence-electron chi connectivity index (χ2n) is 6.54. The number of hydrogen-bond donors (Lipinski definition) is 1. The minimum atomic E-state index is -0.930. The second kappa shape index (κ2) is 6.90. The average Bonchev–Trinajstić information content (AvgIpc) is 2.45. The quantitative estimate of drug-likeness (QED) is 0.823. The maximum absolute atomic E-state index is 10.6. The number of carboxylic acid groups (broad SMARTS) is 1. The zero-order valence-corrected chi connectivity index (χ0v) is 12.8. The van der Waals surface area contributed by atoms with Gasteiger partial charge in [-0.25, -0.2) is 4.79 Å². The Kier molecular flexibility index (Phi) is 5.18. The molecule has 2 rings (SSSR count). The summed E-state index contributed by atoms with van der Waals surface area (Å²) in [6, 6.07) is 7.78. The lowest BCUT2D eigenvalue weighted by Crippen LogP contribution is -2.26. The van der Waals surface area contributed by atoms with Gasteiger partial charge in [-0.05, 0) is 48.3 Å². The summed E-state index contributed by atoms with van der Waals surface area (Å²) in [6.07, 6.45) is 7.76. The van der Waals surface area contributed by atoms with Gasteiger partial charge in [0, 0.05) is 6.08 Å². The molecule has 0 spiro atoms. The van der Waals surface area contributed by atoms with Gasteiger partial charge < -0.3 is 9.84 Å². The van der Waals surface area contributed by atoms with Crippen LogP contribution < -0.4 is 0 Å². The highest BCUT2D eigenvalue weighted by atomic mass is 16.5. The van der Waals surface area contributed by atoms with Crippen LogP contribution >= 0.6 is 0 Å². The Hall–Kier alpha value is -1.61. The molecule has 114 valence electrons. The fourth-order valence-corrected chi connectivity index (χ4v) is 2.74. The molecule has 3 nitrogen and oxygen atoms in total. The molecule has 0 bridgehead atoms. The van der Waals surface area contributed by atoms with Crippen LogP contribution in [0.4, 0.5) is 0 Å². The SMILES string of the molecule is CC1(C)CCC(OCc2ccccc2/C=C/C(=O)O)CC1. The van der Waals surface area contributed by atoms with Gasteiger partial charge in [0.25, 0.3) is 0 Å². The summed E-state index contributed by atoms with van der Waals surface area (Å²) >= 11 is 0. The summed E-state index contributed by atoms with van der Waals surface area (Å²) in [5.41, 5.74) is 2.40. The van der Waals surface area contributed by atoms with E-state index >= 15 is 0 Å². The third-order valence-corrected chi connectivity index (χ3v) is 4.22. The van der Waals surface area contributed by atoms with E-state index in [1.54, 1.807) is 6.08 Å². The van der Waals surface area contributed by atoms with Crippen molar-refractivity contribution in [2.75, 3.05) is 0 Å². The number of benzene rings is 1. The lowest BCUT2D eigenvalue weighted by Gasteiger charge is -2.34. The molecule has 21 heavy (non-hydrogen) atoms. The third kappa shape index (κ3) is 5.01. The van der Waals surface area contributed by atoms with Gasteiger partial charge >= 0.3 is 5.97 Å². The Balaban J connectivity index is 1.93. The standard InChI is InChI=1S/C18H24O3/c1-18(2)11-9-16(10-12-18)21-13-15-6-4-3-5-14(15)7-8-17(19)20/h3-8,16H,9-13H2,1-2H3,(H,19,20)/b8-7+. The Morgan fingerprint density at radius 1 is 1.33 bits per heavy atom.